The SMILES string of the molecule is Cc1c(-c2ccc(-c3ccc4c(c3)N(C(=O)Nc3nc5ncccc5s3)CCC4)nc2C(=O)O)cnn1CC12CC3(C)CC(C)(C1)CC(OC(C)(C)C)(C3)C2. The van der Waals surface area contributed by atoms with E-state index in [9.17, 15) is 14.7 Å². The number of aromatic carboxylic acids is 1. The van der Waals surface area contributed by atoms with Gasteiger partial charge in [-0.15, -0.1) is 0 Å². The van der Waals surface area contributed by atoms with E-state index in [1.165, 1.54) is 17.8 Å². The lowest BCUT2D eigenvalue weighted by Gasteiger charge is -2.70. The number of hydrogen-bond acceptors (Lipinski definition) is 8. The molecule has 2 amide bonds. The smallest absolute Gasteiger partial charge is 0.355 e. The molecule has 0 radical (unpaired) electrons. The second kappa shape index (κ2) is 12.4. The van der Waals surface area contributed by atoms with Crippen LogP contribution in [0.3, 0.4) is 0 Å². The molecular weight excluding hydrogens is 711 g/mol. The van der Waals surface area contributed by atoms with Crippen LogP contribution in [-0.2, 0) is 17.7 Å². The van der Waals surface area contributed by atoms with Crippen LogP contribution >= 0.6 is 11.3 Å². The highest BCUT2D eigenvalue weighted by molar-refractivity contribution is 7.22. The highest BCUT2D eigenvalue weighted by Gasteiger charge is 2.66. The number of anilines is 2. The summed E-state index contributed by atoms with van der Waals surface area (Å²) in [4.78, 5) is 41.7. The lowest BCUT2D eigenvalue weighted by atomic mass is 9.39. The number of carbonyl (C=O) groups excluding carboxylic acids is 1. The molecule has 12 heteroatoms. The van der Waals surface area contributed by atoms with Crippen LogP contribution in [0.4, 0.5) is 15.6 Å². The number of rotatable bonds is 7. The third-order valence-corrected chi connectivity index (χ3v) is 13.2. The number of hydrogen-bond donors (Lipinski definition) is 2. The minimum Gasteiger partial charge on any atom is -0.476 e. The highest BCUT2D eigenvalue weighted by Crippen LogP contribution is 2.72. The summed E-state index contributed by atoms with van der Waals surface area (Å²) in [5.41, 5.74) is 6.06. The van der Waals surface area contributed by atoms with E-state index in [-0.39, 0.29) is 39.2 Å². The van der Waals surface area contributed by atoms with E-state index in [0.29, 0.717) is 28.6 Å². The van der Waals surface area contributed by atoms with Crippen molar-refractivity contribution in [3.05, 3.63) is 71.8 Å². The van der Waals surface area contributed by atoms with Gasteiger partial charge in [0, 0.05) is 47.4 Å². The summed E-state index contributed by atoms with van der Waals surface area (Å²) in [6.45, 7) is 14.8. The lowest BCUT2D eigenvalue weighted by Crippen LogP contribution is -2.65. The summed E-state index contributed by atoms with van der Waals surface area (Å²) >= 11 is 1.38. The van der Waals surface area contributed by atoms with Crippen molar-refractivity contribution in [1.82, 2.24) is 24.7 Å². The zero-order valence-electron chi connectivity index (χ0n) is 32.5. The Morgan fingerprint density at radius 2 is 1.76 bits per heavy atom. The van der Waals surface area contributed by atoms with E-state index in [2.05, 4.69) is 54.6 Å². The van der Waals surface area contributed by atoms with Crippen LogP contribution in [0.5, 0.6) is 0 Å². The predicted octanol–water partition coefficient (Wildman–Crippen LogP) is 9.54. The second-order valence-corrected chi connectivity index (χ2v) is 19.7. The van der Waals surface area contributed by atoms with Gasteiger partial charge in [-0.3, -0.25) is 14.9 Å². The van der Waals surface area contributed by atoms with Crippen molar-refractivity contribution >= 4 is 44.5 Å². The molecule has 5 aliphatic rings. The van der Waals surface area contributed by atoms with E-state index in [1.807, 2.05) is 49.4 Å². The molecule has 2 N–H and O–H groups in total. The molecule has 5 aromatic rings. The van der Waals surface area contributed by atoms with Gasteiger partial charge in [0.1, 0.15) is 0 Å². The summed E-state index contributed by atoms with van der Waals surface area (Å²) < 4.78 is 9.98. The van der Waals surface area contributed by atoms with Crippen LogP contribution in [0.25, 0.3) is 32.7 Å². The van der Waals surface area contributed by atoms with Gasteiger partial charge in [-0.1, -0.05) is 37.3 Å². The van der Waals surface area contributed by atoms with Crippen molar-refractivity contribution in [2.75, 3.05) is 16.8 Å². The predicted molar refractivity (Wildman–Crippen MR) is 215 cm³/mol. The third kappa shape index (κ3) is 6.50. The van der Waals surface area contributed by atoms with Gasteiger partial charge in [0.05, 0.1) is 27.8 Å². The molecule has 2 unspecified atom stereocenters. The maximum Gasteiger partial charge on any atom is 0.355 e. The average Bonchev–Trinajstić information content (AvgIpc) is 3.66. The molecule has 0 saturated heterocycles. The number of benzene rings is 1. The largest absolute Gasteiger partial charge is 0.476 e. The van der Waals surface area contributed by atoms with E-state index >= 15 is 0 Å². The molecule has 1 aromatic carbocycles. The summed E-state index contributed by atoms with van der Waals surface area (Å²) in [6, 6.07) is 13.1. The first-order chi connectivity index (χ1) is 26.0. The number of ether oxygens (including phenoxy) is 1. The number of amides is 2. The topological polar surface area (TPSA) is 135 Å². The molecule has 286 valence electrons. The minimum absolute atomic E-state index is 0.0238. The van der Waals surface area contributed by atoms with Gasteiger partial charge in [0.2, 0.25) is 0 Å². The van der Waals surface area contributed by atoms with Crippen molar-refractivity contribution in [2.24, 2.45) is 16.2 Å². The van der Waals surface area contributed by atoms with Crippen molar-refractivity contribution in [2.45, 2.75) is 111 Å². The second-order valence-electron chi connectivity index (χ2n) is 18.7. The Morgan fingerprint density at radius 1 is 0.982 bits per heavy atom. The zero-order chi connectivity index (χ0) is 38.5. The summed E-state index contributed by atoms with van der Waals surface area (Å²) in [5.74, 6) is -1.10. The van der Waals surface area contributed by atoms with Gasteiger partial charge in [-0.05, 0) is 131 Å². The quantitative estimate of drug-likeness (QED) is 0.168. The fourth-order valence-electron chi connectivity index (χ4n) is 11.9. The van der Waals surface area contributed by atoms with Crippen LogP contribution in [0.2, 0.25) is 0 Å². The van der Waals surface area contributed by atoms with E-state index in [1.54, 1.807) is 17.3 Å². The molecule has 2 atom stereocenters. The zero-order valence-corrected chi connectivity index (χ0v) is 33.3. The number of aryl methyl sites for hydroxylation is 1. The first kappa shape index (κ1) is 36.0. The van der Waals surface area contributed by atoms with Crippen LogP contribution in [0.1, 0.15) is 101 Å². The third-order valence-electron chi connectivity index (χ3n) is 12.3. The molecule has 4 bridgehead atoms. The number of pyridine rings is 2. The van der Waals surface area contributed by atoms with Crippen LogP contribution in [0, 0.1) is 23.2 Å². The van der Waals surface area contributed by atoms with Crippen LogP contribution < -0.4 is 10.2 Å². The Balaban J connectivity index is 0.995. The van der Waals surface area contributed by atoms with E-state index in [4.69, 9.17) is 14.8 Å². The van der Waals surface area contributed by atoms with Crippen molar-refractivity contribution in [3.63, 3.8) is 0 Å². The first-order valence-electron chi connectivity index (χ1n) is 19.4. The minimum atomic E-state index is -1.10. The van der Waals surface area contributed by atoms with Gasteiger partial charge in [-0.25, -0.2) is 19.6 Å². The summed E-state index contributed by atoms with van der Waals surface area (Å²) in [7, 11) is 0. The van der Waals surface area contributed by atoms with Crippen LogP contribution in [-0.4, -0.2) is 59.6 Å². The molecule has 11 nitrogen and oxygen atoms in total. The Morgan fingerprint density at radius 3 is 2.49 bits per heavy atom. The van der Waals surface area contributed by atoms with Gasteiger partial charge >= 0.3 is 12.0 Å². The Hall–Kier alpha value is -4.68. The molecule has 4 aliphatic carbocycles. The normalized spacial score (nSPS) is 27.1. The lowest BCUT2D eigenvalue weighted by molar-refractivity contribution is -0.275. The van der Waals surface area contributed by atoms with E-state index in [0.717, 1.165) is 84.3 Å². The first-order valence-corrected chi connectivity index (χ1v) is 20.2. The number of aromatic nitrogens is 5. The number of fused-ring (bicyclic) bond motifs is 2. The molecular formula is C43H49N7O4S. The fraction of sp³-hybridized carbons (Fsp3) is 0.488. The van der Waals surface area contributed by atoms with Crippen molar-refractivity contribution < 1.29 is 19.4 Å². The molecule has 55 heavy (non-hydrogen) atoms. The maximum absolute atomic E-state index is 13.6. The number of carboxylic acids is 1. The number of thiazole rings is 1. The number of urea groups is 1. The monoisotopic (exact) mass is 759 g/mol. The van der Waals surface area contributed by atoms with Gasteiger partial charge in [0.15, 0.2) is 16.5 Å². The standard InChI is InChI=1S/C43H49N7O4S/c1-26-30(18-45-50(26)25-42-20-40(5)19-41(6,21-42)23-43(22-40,24-42)54-39(2,3)4)29-13-14-31(46-34(29)36(51)52)28-12-11-27-9-8-16-49(32(27)17-28)38(53)48-37-47-35-33(55-37)10-7-15-44-35/h7,10-15,17-18H,8-9,16,19-25H2,1-6H3,(H,51,52)(H,44,47,48,53). The van der Waals surface area contributed by atoms with Gasteiger partial charge in [-0.2, -0.15) is 10.1 Å². The summed E-state index contributed by atoms with van der Waals surface area (Å²) in [6.07, 6.45) is 11.9. The number of carboxylic acid groups (broad SMARTS) is 1. The van der Waals surface area contributed by atoms with Gasteiger partial charge < -0.3 is 9.84 Å². The fourth-order valence-corrected chi connectivity index (χ4v) is 12.7. The van der Waals surface area contributed by atoms with Crippen molar-refractivity contribution in [1.29, 1.82) is 0 Å². The molecule has 4 fully saturated rings. The molecule has 5 heterocycles. The molecule has 1 aliphatic heterocycles. The molecule has 10 rings (SSSR count). The Labute approximate surface area is 325 Å². The van der Waals surface area contributed by atoms with Gasteiger partial charge in [0.25, 0.3) is 0 Å². The Bertz CT molecular complexity index is 2320. The van der Waals surface area contributed by atoms with Crippen LogP contribution in [0.15, 0.2) is 54.9 Å². The average molecular weight is 760 g/mol. The molecule has 4 saturated carbocycles. The highest BCUT2D eigenvalue weighted by atomic mass is 32.1. The van der Waals surface area contributed by atoms with Crippen molar-refractivity contribution in [3.8, 4) is 22.4 Å². The maximum atomic E-state index is 13.6. The Kier molecular flexibility index (Phi) is 8.12. The number of nitrogens with one attached hydrogen (secondary N) is 1. The van der Waals surface area contributed by atoms with E-state index < -0.39 is 5.97 Å². The number of carbonyl (C=O) groups is 2. The number of nitrogens with zero attached hydrogens (tertiary/aromatic N) is 6. The molecule has 4 aromatic heterocycles. The summed E-state index contributed by atoms with van der Waals surface area (Å²) in [5, 5.41) is 18.9. The molecule has 0 spiro atoms.